The lowest BCUT2D eigenvalue weighted by Gasteiger charge is -2.41. The van der Waals surface area contributed by atoms with E-state index < -0.39 is 78.5 Å². The lowest BCUT2D eigenvalue weighted by Crippen LogP contribution is -2.61. The first-order valence-corrected chi connectivity index (χ1v) is 26.0. The lowest BCUT2D eigenvalue weighted by atomic mass is 9.99. The van der Waals surface area contributed by atoms with Crippen LogP contribution < -0.4 is 5.32 Å². The van der Waals surface area contributed by atoms with Gasteiger partial charge in [0.2, 0.25) is 5.91 Å². The first kappa shape index (κ1) is 57.8. The van der Waals surface area contributed by atoms with Crippen molar-refractivity contribution >= 4 is 16.3 Å². The highest BCUT2D eigenvalue weighted by molar-refractivity contribution is 7.80. The molecule has 362 valence electrons. The number of ether oxygens (including phenoxy) is 2. The van der Waals surface area contributed by atoms with Crippen LogP contribution in [0.15, 0.2) is 12.2 Å². The van der Waals surface area contributed by atoms with Gasteiger partial charge in [0, 0.05) is 0 Å². The molecule has 7 N–H and O–H groups in total. The summed E-state index contributed by atoms with van der Waals surface area (Å²) in [5.41, 5.74) is 0. The highest BCUT2D eigenvalue weighted by Crippen LogP contribution is 2.26. The number of unbranched alkanes of at least 4 members (excludes halogenated alkanes) is 29. The number of hydrogen-bond donors (Lipinski definition) is 7. The maximum Gasteiger partial charge on any atom is 0.397 e. The van der Waals surface area contributed by atoms with E-state index in [1.807, 2.05) is 6.08 Å². The number of hydrogen-bond acceptors (Lipinski definition) is 11. The van der Waals surface area contributed by atoms with Crippen LogP contribution in [0.5, 0.6) is 0 Å². The van der Waals surface area contributed by atoms with Gasteiger partial charge in [-0.05, 0) is 19.3 Å². The summed E-state index contributed by atoms with van der Waals surface area (Å²) in [6, 6.07) is -1.11. The van der Waals surface area contributed by atoms with E-state index in [2.05, 4.69) is 23.3 Å². The maximum atomic E-state index is 13.1. The van der Waals surface area contributed by atoms with E-state index in [0.29, 0.717) is 12.8 Å². The third kappa shape index (κ3) is 30.6. The molecule has 1 rings (SSSR count). The molecule has 61 heavy (non-hydrogen) atoms. The zero-order chi connectivity index (χ0) is 45.0. The average Bonchev–Trinajstić information content (AvgIpc) is 3.23. The fourth-order valence-electron chi connectivity index (χ4n) is 7.99. The molecule has 0 aromatic heterocycles. The number of aliphatic hydroxyl groups is 5. The van der Waals surface area contributed by atoms with E-state index in [1.165, 1.54) is 148 Å². The predicted octanol–water partition coefficient (Wildman–Crippen LogP) is 8.92. The van der Waals surface area contributed by atoms with E-state index in [-0.39, 0.29) is 6.42 Å². The number of carbonyl (C=O) groups excluding carboxylic acids is 1. The van der Waals surface area contributed by atoms with E-state index >= 15 is 0 Å². The van der Waals surface area contributed by atoms with Gasteiger partial charge < -0.3 is 40.3 Å². The van der Waals surface area contributed by atoms with E-state index in [4.69, 9.17) is 9.47 Å². The van der Waals surface area contributed by atoms with Crippen LogP contribution in [0.1, 0.15) is 219 Å². The third-order valence-corrected chi connectivity index (χ3v) is 12.4. The van der Waals surface area contributed by atoms with Gasteiger partial charge in [-0.25, -0.2) is 4.18 Å². The monoisotopic (exact) mass is 894 g/mol. The molecule has 0 aromatic rings. The van der Waals surface area contributed by atoms with Gasteiger partial charge in [-0.15, -0.1) is 0 Å². The zero-order valence-electron chi connectivity index (χ0n) is 38.4. The smallest absolute Gasteiger partial charge is 0.394 e. The van der Waals surface area contributed by atoms with Crippen LogP contribution in [-0.2, 0) is 28.9 Å². The van der Waals surface area contributed by atoms with Crippen LogP contribution in [0.25, 0.3) is 0 Å². The molecule has 1 aliphatic heterocycles. The Morgan fingerprint density at radius 1 is 0.656 bits per heavy atom. The van der Waals surface area contributed by atoms with Gasteiger partial charge in [-0.3, -0.25) is 9.35 Å². The van der Waals surface area contributed by atoms with Crippen LogP contribution in [0, 0.1) is 0 Å². The predicted molar refractivity (Wildman–Crippen MR) is 242 cm³/mol. The number of rotatable bonds is 42. The number of nitrogens with one attached hydrogen (secondary N) is 1. The van der Waals surface area contributed by atoms with Crippen LogP contribution in [0.2, 0.25) is 0 Å². The minimum Gasteiger partial charge on any atom is -0.394 e. The summed E-state index contributed by atoms with van der Waals surface area (Å²) in [6.45, 7) is 3.24. The SMILES string of the molecule is CCCCCCCCCCCCCCCC/C=C/C(O)C(COC1OC(CO)C(O)C(OS(=O)(=O)O)C1O)NC(=O)C(O)CCCCCCCCCCCCCCCCCC. The molecule has 1 saturated heterocycles. The first-order chi connectivity index (χ1) is 29.4. The van der Waals surface area contributed by atoms with Crippen molar-refractivity contribution in [3.63, 3.8) is 0 Å². The first-order valence-electron chi connectivity index (χ1n) is 24.7. The van der Waals surface area contributed by atoms with Gasteiger partial charge in [-0.1, -0.05) is 212 Å². The molecule has 0 aliphatic carbocycles. The van der Waals surface area contributed by atoms with E-state index in [9.17, 15) is 43.3 Å². The van der Waals surface area contributed by atoms with Crippen molar-refractivity contribution < 1.29 is 57.0 Å². The Balaban J connectivity index is 2.55. The molecule has 1 heterocycles. The molecule has 0 radical (unpaired) electrons. The maximum absolute atomic E-state index is 13.1. The summed E-state index contributed by atoms with van der Waals surface area (Å²) in [5, 5.41) is 55.3. The van der Waals surface area contributed by atoms with Crippen LogP contribution in [0.4, 0.5) is 0 Å². The molecule has 1 aliphatic rings. The third-order valence-electron chi connectivity index (χ3n) is 11.9. The van der Waals surface area contributed by atoms with Gasteiger partial charge in [0.15, 0.2) is 6.29 Å². The van der Waals surface area contributed by atoms with Crippen LogP contribution in [0.3, 0.4) is 0 Å². The number of amides is 1. The highest BCUT2D eigenvalue weighted by atomic mass is 32.3. The van der Waals surface area contributed by atoms with E-state index in [1.54, 1.807) is 6.08 Å². The molecular weight excluding hydrogens is 803 g/mol. The van der Waals surface area contributed by atoms with Crippen molar-refractivity contribution in [2.75, 3.05) is 13.2 Å². The summed E-state index contributed by atoms with van der Waals surface area (Å²) >= 11 is 0. The van der Waals surface area contributed by atoms with Crippen molar-refractivity contribution in [2.45, 2.75) is 268 Å². The molecule has 14 heteroatoms. The van der Waals surface area contributed by atoms with Crippen LogP contribution >= 0.6 is 0 Å². The van der Waals surface area contributed by atoms with Gasteiger partial charge in [-0.2, -0.15) is 8.42 Å². The second kappa shape index (κ2) is 38.1. The zero-order valence-corrected chi connectivity index (χ0v) is 39.2. The Bertz CT molecular complexity index is 1160. The largest absolute Gasteiger partial charge is 0.397 e. The lowest BCUT2D eigenvalue weighted by molar-refractivity contribution is -0.298. The standard InChI is InChI=1S/C47H91NO12S/c1-3-5-7-9-11-13-15-17-19-21-23-25-27-29-31-33-35-40(50)39(38-58-47-44(53)45(60-61(55,56)57)43(52)42(37-49)59-47)48-46(54)41(51)36-34-32-30-28-26-24-22-20-18-16-14-12-10-8-6-4-2/h33,35,39-45,47,49-53H,3-32,34,36-38H2,1-2H3,(H,48,54)(H,55,56,57)/b35-33+. The Kier molecular flexibility index (Phi) is 36.1. The molecule has 1 amide bonds. The molecule has 0 saturated carbocycles. The van der Waals surface area contributed by atoms with Crippen molar-refractivity contribution in [2.24, 2.45) is 0 Å². The Hall–Kier alpha value is -1.20. The van der Waals surface area contributed by atoms with Crippen LogP contribution in [-0.4, -0.2) is 107 Å². The van der Waals surface area contributed by atoms with Gasteiger partial charge in [0.1, 0.15) is 30.5 Å². The summed E-state index contributed by atoms with van der Waals surface area (Å²) in [6.07, 6.45) is 30.0. The van der Waals surface area contributed by atoms with E-state index in [0.717, 1.165) is 38.5 Å². The summed E-state index contributed by atoms with van der Waals surface area (Å²) in [5.74, 6) is -0.699. The highest BCUT2D eigenvalue weighted by Gasteiger charge is 2.48. The molecular formula is C47H91NO12S. The molecule has 8 atom stereocenters. The van der Waals surface area contributed by atoms with Crippen molar-refractivity contribution in [3.8, 4) is 0 Å². The van der Waals surface area contributed by atoms with Crippen molar-refractivity contribution in [1.82, 2.24) is 5.32 Å². The van der Waals surface area contributed by atoms with Gasteiger partial charge in [0.25, 0.3) is 0 Å². The molecule has 0 bridgehead atoms. The van der Waals surface area contributed by atoms with Crippen molar-refractivity contribution in [1.29, 1.82) is 0 Å². The second-order valence-corrected chi connectivity index (χ2v) is 18.6. The fraction of sp³-hybridized carbons (Fsp3) is 0.936. The summed E-state index contributed by atoms with van der Waals surface area (Å²) < 4.78 is 47.6. The second-order valence-electron chi connectivity index (χ2n) is 17.6. The molecule has 13 nitrogen and oxygen atoms in total. The number of carbonyl (C=O) groups is 1. The van der Waals surface area contributed by atoms with Crippen molar-refractivity contribution in [3.05, 3.63) is 12.2 Å². The number of allylic oxidation sites excluding steroid dienone is 1. The number of aliphatic hydroxyl groups excluding tert-OH is 5. The minimum atomic E-state index is -5.12. The normalized spacial score (nSPS) is 21.2. The Morgan fingerprint density at radius 3 is 1.48 bits per heavy atom. The molecule has 0 aromatic carbocycles. The Morgan fingerprint density at radius 2 is 1.07 bits per heavy atom. The Labute approximate surface area is 371 Å². The molecule has 0 spiro atoms. The minimum absolute atomic E-state index is 0.248. The topological polar surface area (TPSA) is 212 Å². The fourth-order valence-corrected chi connectivity index (χ4v) is 8.50. The molecule has 1 fully saturated rings. The van der Waals surface area contributed by atoms with Gasteiger partial charge >= 0.3 is 10.4 Å². The quantitative estimate of drug-likeness (QED) is 0.0174. The average molecular weight is 894 g/mol. The molecule has 8 unspecified atom stereocenters. The summed E-state index contributed by atoms with van der Waals surface area (Å²) in [7, 11) is -5.12. The summed E-state index contributed by atoms with van der Waals surface area (Å²) in [4.78, 5) is 13.1. The van der Waals surface area contributed by atoms with Gasteiger partial charge in [0.05, 0.1) is 25.4 Å².